The lowest BCUT2D eigenvalue weighted by atomic mass is 9.87. The Morgan fingerprint density at radius 3 is 2.41 bits per heavy atom. The summed E-state index contributed by atoms with van der Waals surface area (Å²) in [6.45, 7) is 0. The van der Waals surface area contributed by atoms with Gasteiger partial charge in [-0.1, -0.05) is 70.5 Å². The number of hydrogen-bond donors (Lipinski definition) is 2. The molecule has 0 spiro atoms. The minimum atomic E-state index is -3.87. The van der Waals surface area contributed by atoms with Gasteiger partial charge in [0, 0.05) is 4.47 Å². The summed E-state index contributed by atoms with van der Waals surface area (Å²) in [5.74, 6) is -0.323. The zero-order chi connectivity index (χ0) is 22.6. The molecule has 2 atom stereocenters. The van der Waals surface area contributed by atoms with Gasteiger partial charge in [0.05, 0.1) is 10.9 Å². The van der Waals surface area contributed by atoms with Crippen LogP contribution in [0.3, 0.4) is 0 Å². The quantitative estimate of drug-likeness (QED) is 0.488. The van der Waals surface area contributed by atoms with Crippen molar-refractivity contribution in [2.45, 2.75) is 42.7 Å². The van der Waals surface area contributed by atoms with Gasteiger partial charge in [0.15, 0.2) is 0 Å². The number of nitrogens with one attached hydrogen (secondary N) is 2. The van der Waals surface area contributed by atoms with Gasteiger partial charge in [-0.3, -0.25) is 4.79 Å². The lowest BCUT2D eigenvalue weighted by molar-refractivity contribution is -0.123. The van der Waals surface area contributed by atoms with Crippen LogP contribution in [0.1, 0.15) is 35.6 Å². The van der Waals surface area contributed by atoms with Crippen molar-refractivity contribution in [1.82, 2.24) is 10.0 Å². The predicted molar refractivity (Wildman–Crippen MR) is 129 cm³/mol. The van der Waals surface area contributed by atoms with Crippen LogP contribution >= 0.6 is 15.9 Å². The summed E-state index contributed by atoms with van der Waals surface area (Å²) >= 11 is 3.32. The molecule has 1 aliphatic carbocycles. The molecule has 7 heteroatoms. The first kappa shape index (κ1) is 22.7. The molecule has 0 bridgehead atoms. The van der Waals surface area contributed by atoms with Crippen LogP contribution in [0.2, 0.25) is 0 Å². The van der Waals surface area contributed by atoms with Gasteiger partial charge < -0.3 is 5.32 Å². The van der Waals surface area contributed by atoms with E-state index < -0.39 is 16.1 Å². The Bertz CT molecular complexity index is 1180. The molecule has 1 aliphatic rings. The highest BCUT2D eigenvalue weighted by atomic mass is 79.9. The maximum absolute atomic E-state index is 13.3. The number of halogens is 1. The molecule has 166 valence electrons. The molecule has 3 aromatic carbocycles. The molecule has 0 saturated carbocycles. The van der Waals surface area contributed by atoms with E-state index in [0.717, 1.165) is 34.9 Å². The first-order chi connectivity index (χ1) is 15.4. The van der Waals surface area contributed by atoms with E-state index in [4.69, 9.17) is 0 Å². The first-order valence-electron chi connectivity index (χ1n) is 10.6. The molecule has 0 aliphatic heterocycles. The Balaban J connectivity index is 1.58. The number of aryl methyl sites for hydroxylation is 1. The van der Waals surface area contributed by atoms with Crippen molar-refractivity contribution in [2.75, 3.05) is 0 Å². The second kappa shape index (κ2) is 9.98. The summed E-state index contributed by atoms with van der Waals surface area (Å²) in [5, 5.41) is 3.11. The SMILES string of the molecule is O=C(N[C@H]1CCCc2ccccc21)[C@@H](Cc1ccccc1)NS(=O)(=O)c1ccc(Br)cc1. The third-order valence-electron chi connectivity index (χ3n) is 5.71. The Kier molecular flexibility index (Phi) is 7.08. The molecule has 2 N–H and O–H groups in total. The minimum absolute atomic E-state index is 0.120. The maximum Gasteiger partial charge on any atom is 0.241 e. The number of amides is 1. The molecular formula is C25H25BrN2O3S. The van der Waals surface area contributed by atoms with E-state index in [-0.39, 0.29) is 23.3 Å². The molecule has 1 amide bonds. The summed E-state index contributed by atoms with van der Waals surface area (Å²) in [6.07, 6.45) is 3.07. The van der Waals surface area contributed by atoms with Crippen LogP contribution in [-0.2, 0) is 27.7 Å². The second-order valence-corrected chi connectivity index (χ2v) is 10.6. The number of hydrogen-bond acceptors (Lipinski definition) is 3. The van der Waals surface area contributed by atoms with E-state index in [2.05, 4.69) is 32.0 Å². The van der Waals surface area contributed by atoms with Crippen molar-refractivity contribution in [1.29, 1.82) is 0 Å². The van der Waals surface area contributed by atoms with Crippen molar-refractivity contribution in [3.8, 4) is 0 Å². The molecular weight excluding hydrogens is 488 g/mol. The van der Waals surface area contributed by atoms with Crippen LogP contribution in [0.4, 0.5) is 0 Å². The summed E-state index contributed by atoms with van der Waals surface area (Å²) < 4.78 is 29.5. The van der Waals surface area contributed by atoms with Crippen LogP contribution in [0.5, 0.6) is 0 Å². The highest BCUT2D eigenvalue weighted by molar-refractivity contribution is 9.10. The molecule has 0 unspecified atom stereocenters. The number of fused-ring (bicyclic) bond motifs is 1. The second-order valence-electron chi connectivity index (χ2n) is 7.97. The Morgan fingerprint density at radius 1 is 0.969 bits per heavy atom. The highest BCUT2D eigenvalue weighted by Gasteiger charge is 2.29. The van der Waals surface area contributed by atoms with Gasteiger partial charge in [0.25, 0.3) is 0 Å². The van der Waals surface area contributed by atoms with E-state index in [9.17, 15) is 13.2 Å². The van der Waals surface area contributed by atoms with Crippen LogP contribution in [0, 0.1) is 0 Å². The molecule has 32 heavy (non-hydrogen) atoms. The zero-order valence-electron chi connectivity index (χ0n) is 17.5. The third-order valence-corrected chi connectivity index (χ3v) is 7.72. The monoisotopic (exact) mass is 512 g/mol. The molecule has 3 aromatic rings. The fraction of sp³-hybridized carbons (Fsp3) is 0.240. The lowest BCUT2D eigenvalue weighted by Crippen LogP contribution is -2.49. The maximum atomic E-state index is 13.3. The Hall–Kier alpha value is -2.48. The van der Waals surface area contributed by atoms with E-state index >= 15 is 0 Å². The van der Waals surface area contributed by atoms with E-state index in [0.29, 0.717) is 0 Å². The van der Waals surface area contributed by atoms with Crippen molar-refractivity contribution in [2.24, 2.45) is 0 Å². The number of benzene rings is 3. The molecule has 0 heterocycles. The largest absolute Gasteiger partial charge is 0.348 e. The number of sulfonamides is 1. The summed E-state index contributed by atoms with van der Waals surface area (Å²) in [5.41, 5.74) is 3.23. The van der Waals surface area contributed by atoms with Gasteiger partial charge in [-0.15, -0.1) is 0 Å². The van der Waals surface area contributed by atoms with Gasteiger partial charge >= 0.3 is 0 Å². The fourth-order valence-electron chi connectivity index (χ4n) is 4.08. The van der Waals surface area contributed by atoms with E-state index in [1.54, 1.807) is 12.1 Å². The molecule has 0 radical (unpaired) electrons. The van der Waals surface area contributed by atoms with E-state index in [1.807, 2.05) is 48.5 Å². The number of rotatable bonds is 7. The highest BCUT2D eigenvalue weighted by Crippen LogP contribution is 2.29. The van der Waals surface area contributed by atoms with Crippen molar-refractivity contribution in [3.05, 3.63) is 100 Å². The normalized spacial score (nSPS) is 16.7. The summed E-state index contributed by atoms with van der Waals surface area (Å²) in [7, 11) is -3.87. The van der Waals surface area contributed by atoms with Crippen LogP contribution in [0.25, 0.3) is 0 Å². The molecule has 0 fully saturated rings. The fourth-order valence-corrected chi connectivity index (χ4v) is 5.54. The first-order valence-corrected chi connectivity index (χ1v) is 12.9. The van der Waals surface area contributed by atoms with Crippen molar-refractivity contribution >= 4 is 31.9 Å². The molecule has 5 nitrogen and oxygen atoms in total. The van der Waals surface area contributed by atoms with Crippen LogP contribution in [0.15, 0.2) is 88.2 Å². The standard InChI is InChI=1S/C25H25BrN2O3S/c26-20-13-15-21(16-14-20)32(30,31)28-24(17-18-7-2-1-3-8-18)25(29)27-23-12-6-10-19-9-4-5-11-22(19)23/h1-5,7-9,11,13-16,23-24,28H,6,10,12,17H2,(H,27,29)/t23-,24+/m0/s1. The smallest absolute Gasteiger partial charge is 0.241 e. The minimum Gasteiger partial charge on any atom is -0.348 e. The average Bonchev–Trinajstić information content (AvgIpc) is 2.80. The summed E-state index contributed by atoms with van der Waals surface area (Å²) in [4.78, 5) is 13.5. The lowest BCUT2D eigenvalue weighted by Gasteiger charge is -2.28. The topological polar surface area (TPSA) is 75.3 Å². The van der Waals surface area contributed by atoms with Gasteiger partial charge in [-0.05, 0) is 66.6 Å². The van der Waals surface area contributed by atoms with Gasteiger partial charge in [0.2, 0.25) is 15.9 Å². The average molecular weight is 513 g/mol. The molecule has 0 aromatic heterocycles. The Labute approximate surface area is 197 Å². The van der Waals surface area contributed by atoms with Gasteiger partial charge in [0.1, 0.15) is 6.04 Å². The van der Waals surface area contributed by atoms with Crippen LogP contribution < -0.4 is 10.0 Å². The number of carbonyl (C=O) groups excluding carboxylic acids is 1. The van der Waals surface area contributed by atoms with Gasteiger partial charge in [-0.25, -0.2) is 8.42 Å². The van der Waals surface area contributed by atoms with Crippen molar-refractivity contribution < 1.29 is 13.2 Å². The molecule has 0 saturated heterocycles. The number of carbonyl (C=O) groups is 1. The van der Waals surface area contributed by atoms with E-state index in [1.165, 1.54) is 17.7 Å². The summed E-state index contributed by atoms with van der Waals surface area (Å²) in [6, 6.07) is 22.9. The van der Waals surface area contributed by atoms with Gasteiger partial charge in [-0.2, -0.15) is 4.72 Å². The zero-order valence-corrected chi connectivity index (χ0v) is 19.9. The predicted octanol–water partition coefficient (Wildman–Crippen LogP) is 4.53. The van der Waals surface area contributed by atoms with Crippen molar-refractivity contribution in [3.63, 3.8) is 0 Å². The Morgan fingerprint density at radius 2 is 1.66 bits per heavy atom. The third kappa shape index (κ3) is 5.46. The molecule has 4 rings (SSSR count). The van der Waals surface area contributed by atoms with Crippen LogP contribution in [-0.4, -0.2) is 20.4 Å².